The van der Waals surface area contributed by atoms with Crippen LogP contribution in [0.15, 0.2) is 47.4 Å². The first-order chi connectivity index (χ1) is 11.3. The van der Waals surface area contributed by atoms with E-state index in [0.29, 0.717) is 12.3 Å². The molecule has 0 saturated carbocycles. The van der Waals surface area contributed by atoms with Crippen LogP contribution >= 0.6 is 0 Å². The standard InChI is InChI=1S/C19H25NO3S/c1-14(2)17-12-19(18(23-5)11-15(17)3)24(21,22)20(4)13-16-9-7-6-8-10-16/h6-12,14H,13H2,1-5H3. The summed E-state index contributed by atoms with van der Waals surface area (Å²) >= 11 is 0. The molecular formula is C19H25NO3S. The molecule has 0 spiro atoms. The summed E-state index contributed by atoms with van der Waals surface area (Å²) in [5.41, 5.74) is 2.99. The van der Waals surface area contributed by atoms with Crippen molar-refractivity contribution in [2.24, 2.45) is 0 Å². The monoisotopic (exact) mass is 347 g/mol. The predicted molar refractivity (Wildman–Crippen MR) is 96.9 cm³/mol. The summed E-state index contributed by atoms with van der Waals surface area (Å²) < 4.78 is 32.8. The highest BCUT2D eigenvalue weighted by Gasteiger charge is 2.26. The Morgan fingerprint density at radius 3 is 2.29 bits per heavy atom. The van der Waals surface area contributed by atoms with E-state index in [-0.39, 0.29) is 10.8 Å². The van der Waals surface area contributed by atoms with Gasteiger partial charge in [-0.2, -0.15) is 4.31 Å². The van der Waals surface area contributed by atoms with Crippen molar-refractivity contribution in [1.82, 2.24) is 4.31 Å². The summed E-state index contributed by atoms with van der Waals surface area (Å²) in [5, 5.41) is 0. The molecule has 0 aliphatic heterocycles. The van der Waals surface area contributed by atoms with E-state index in [1.54, 1.807) is 19.2 Å². The lowest BCUT2D eigenvalue weighted by atomic mass is 9.98. The minimum atomic E-state index is -3.64. The van der Waals surface area contributed by atoms with Gasteiger partial charge in [-0.05, 0) is 41.7 Å². The third-order valence-corrected chi connectivity index (χ3v) is 5.94. The molecule has 4 nitrogen and oxygen atoms in total. The highest BCUT2D eigenvalue weighted by atomic mass is 32.2. The molecule has 0 aliphatic rings. The number of sulfonamides is 1. The number of hydrogen-bond acceptors (Lipinski definition) is 3. The smallest absolute Gasteiger partial charge is 0.246 e. The molecule has 0 aliphatic carbocycles. The van der Waals surface area contributed by atoms with Crippen molar-refractivity contribution >= 4 is 10.0 Å². The summed E-state index contributed by atoms with van der Waals surface area (Å²) in [4.78, 5) is 0.220. The largest absolute Gasteiger partial charge is 0.495 e. The normalized spacial score (nSPS) is 12.0. The summed E-state index contributed by atoms with van der Waals surface area (Å²) in [6, 6.07) is 13.1. The van der Waals surface area contributed by atoms with Gasteiger partial charge < -0.3 is 4.74 Å². The average molecular weight is 347 g/mol. The minimum Gasteiger partial charge on any atom is -0.495 e. The van der Waals surface area contributed by atoms with Crippen LogP contribution in [0.2, 0.25) is 0 Å². The molecule has 2 aromatic rings. The van der Waals surface area contributed by atoms with Crippen LogP contribution in [0, 0.1) is 6.92 Å². The van der Waals surface area contributed by atoms with Crippen LogP contribution in [-0.2, 0) is 16.6 Å². The minimum absolute atomic E-state index is 0.220. The first kappa shape index (κ1) is 18.5. The maximum atomic E-state index is 13.0. The maximum Gasteiger partial charge on any atom is 0.246 e. The zero-order valence-electron chi connectivity index (χ0n) is 14.9. The van der Waals surface area contributed by atoms with E-state index >= 15 is 0 Å². The Balaban J connectivity index is 2.46. The van der Waals surface area contributed by atoms with Crippen LogP contribution < -0.4 is 4.74 Å². The number of ether oxygens (including phenoxy) is 1. The van der Waals surface area contributed by atoms with Gasteiger partial charge in [0.15, 0.2) is 0 Å². The molecule has 24 heavy (non-hydrogen) atoms. The van der Waals surface area contributed by atoms with E-state index in [1.165, 1.54) is 11.4 Å². The fourth-order valence-corrected chi connectivity index (χ4v) is 4.08. The number of methoxy groups -OCH3 is 1. The molecule has 2 rings (SSSR count). The molecule has 0 unspecified atom stereocenters. The van der Waals surface area contributed by atoms with Crippen molar-refractivity contribution in [3.05, 3.63) is 59.2 Å². The third kappa shape index (κ3) is 3.79. The fourth-order valence-electron chi connectivity index (χ4n) is 2.75. The molecule has 0 atom stereocenters. The first-order valence-electron chi connectivity index (χ1n) is 7.96. The molecular weight excluding hydrogens is 322 g/mol. The highest BCUT2D eigenvalue weighted by molar-refractivity contribution is 7.89. The van der Waals surface area contributed by atoms with Gasteiger partial charge in [-0.1, -0.05) is 44.2 Å². The molecule has 0 heterocycles. The number of benzene rings is 2. The molecule has 0 bridgehead atoms. The summed E-state index contributed by atoms with van der Waals surface area (Å²) in [6.07, 6.45) is 0. The molecule has 0 saturated heterocycles. The van der Waals surface area contributed by atoms with Gasteiger partial charge in [0, 0.05) is 13.6 Å². The molecule has 0 amide bonds. The van der Waals surface area contributed by atoms with Crippen LogP contribution in [0.25, 0.3) is 0 Å². The highest BCUT2D eigenvalue weighted by Crippen LogP contribution is 2.32. The topological polar surface area (TPSA) is 46.6 Å². The second-order valence-electron chi connectivity index (χ2n) is 6.26. The van der Waals surface area contributed by atoms with Crippen molar-refractivity contribution in [2.45, 2.75) is 38.1 Å². The second kappa shape index (κ2) is 7.36. The van der Waals surface area contributed by atoms with Gasteiger partial charge in [-0.25, -0.2) is 8.42 Å². The summed E-state index contributed by atoms with van der Waals surface area (Å²) in [6.45, 7) is 6.40. The molecule has 0 aromatic heterocycles. The van der Waals surface area contributed by atoms with E-state index in [0.717, 1.165) is 16.7 Å². The van der Waals surface area contributed by atoms with Gasteiger partial charge in [-0.15, -0.1) is 0 Å². The van der Waals surface area contributed by atoms with E-state index in [9.17, 15) is 8.42 Å². The lowest BCUT2D eigenvalue weighted by Crippen LogP contribution is -2.27. The number of hydrogen-bond donors (Lipinski definition) is 0. The Bertz CT molecular complexity index is 799. The van der Waals surface area contributed by atoms with Crippen molar-refractivity contribution in [3.8, 4) is 5.75 Å². The molecule has 0 fully saturated rings. The van der Waals surface area contributed by atoms with Crippen molar-refractivity contribution in [1.29, 1.82) is 0 Å². The third-order valence-electron chi connectivity index (χ3n) is 4.11. The quantitative estimate of drug-likeness (QED) is 0.795. The zero-order chi connectivity index (χ0) is 17.9. The van der Waals surface area contributed by atoms with Gasteiger partial charge >= 0.3 is 0 Å². The van der Waals surface area contributed by atoms with Crippen LogP contribution in [0.4, 0.5) is 0 Å². The number of aryl methyl sites for hydroxylation is 1. The van der Waals surface area contributed by atoms with Gasteiger partial charge in [0.05, 0.1) is 7.11 Å². The maximum absolute atomic E-state index is 13.0. The van der Waals surface area contributed by atoms with E-state index < -0.39 is 10.0 Å². The molecule has 0 N–H and O–H groups in total. The summed E-state index contributed by atoms with van der Waals surface area (Å²) in [7, 11) is -0.550. The molecule has 2 aromatic carbocycles. The number of rotatable bonds is 6. The summed E-state index contributed by atoms with van der Waals surface area (Å²) in [5.74, 6) is 0.626. The molecule has 5 heteroatoms. The Kier molecular flexibility index (Phi) is 5.67. The lowest BCUT2D eigenvalue weighted by molar-refractivity contribution is 0.397. The van der Waals surface area contributed by atoms with Crippen LogP contribution in [-0.4, -0.2) is 26.9 Å². The predicted octanol–water partition coefficient (Wildman–Crippen LogP) is 3.95. The molecule has 130 valence electrons. The van der Waals surface area contributed by atoms with E-state index in [1.807, 2.05) is 37.3 Å². The van der Waals surface area contributed by atoms with Crippen molar-refractivity contribution in [3.63, 3.8) is 0 Å². The zero-order valence-corrected chi connectivity index (χ0v) is 15.7. The van der Waals surface area contributed by atoms with Crippen molar-refractivity contribution < 1.29 is 13.2 Å². The van der Waals surface area contributed by atoms with Crippen LogP contribution in [0.3, 0.4) is 0 Å². The van der Waals surface area contributed by atoms with E-state index in [2.05, 4.69) is 13.8 Å². The lowest BCUT2D eigenvalue weighted by Gasteiger charge is -2.21. The Morgan fingerprint density at radius 1 is 1.12 bits per heavy atom. The van der Waals surface area contributed by atoms with Gasteiger partial charge in [0.1, 0.15) is 10.6 Å². The van der Waals surface area contributed by atoms with Gasteiger partial charge in [0.2, 0.25) is 10.0 Å². The second-order valence-corrected chi connectivity index (χ2v) is 8.27. The van der Waals surface area contributed by atoms with Gasteiger partial charge in [-0.3, -0.25) is 0 Å². The Labute approximate surface area is 145 Å². The molecule has 0 radical (unpaired) electrons. The number of nitrogens with zero attached hydrogens (tertiary/aromatic N) is 1. The Hall–Kier alpha value is -1.85. The SMILES string of the molecule is COc1cc(C)c(C(C)C)cc1S(=O)(=O)N(C)Cc1ccccc1. The van der Waals surface area contributed by atoms with Crippen LogP contribution in [0.5, 0.6) is 5.75 Å². The van der Waals surface area contributed by atoms with Gasteiger partial charge in [0.25, 0.3) is 0 Å². The first-order valence-corrected chi connectivity index (χ1v) is 9.40. The van der Waals surface area contributed by atoms with Crippen molar-refractivity contribution in [2.75, 3.05) is 14.2 Å². The Morgan fingerprint density at radius 2 is 1.75 bits per heavy atom. The van der Waals surface area contributed by atoms with E-state index in [4.69, 9.17) is 4.74 Å². The van der Waals surface area contributed by atoms with Crippen LogP contribution in [0.1, 0.15) is 36.5 Å². The average Bonchev–Trinajstić information content (AvgIpc) is 2.54. The fraction of sp³-hybridized carbons (Fsp3) is 0.368.